The van der Waals surface area contributed by atoms with Gasteiger partial charge in [-0.05, 0) is 29.2 Å². The van der Waals surface area contributed by atoms with E-state index in [1.165, 1.54) is 43.3 Å². The number of para-hydroxylation sites is 2. The predicted molar refractivity (Wildman–Crippen MR) is 130 cm³/mol. The van der Waals surface area contributed by atoms with Gasteiger partial charge < -0.3 is 33.6 Å². The number of fused-ring (bicyclic) bond motifs is 3. The van der Waals surface area contributed by atoms with Gasteiger partial charge in [0.1, 0.15) is 0 Å². The van der Waals surface area contributed by atoms with E-state index < -0.39 is 0 Å². The molecule has 3 aromatic carbocycles. The van der Waals surface area contributed by atoms with E-state index in [0.29, 0.717) is 0 Å². The fourth-order valence-corrected chi connectivity index (χ4v) is 5.56. The van der Waals surface area contributed by atoms with Gasteiger partial charge in [-0.1, -0.05) is 54.2 Å². The molecule has 0 amide bonds. The van der Waals surface area contributed by atoms with Gasteiger partial charge in [-0.3, -0.25) is 0 Å². The number of pyridine rings is 1. The Bertz CT molecular complexity index is 1330. The second-order valence-corrected chi connectivity index (χ2v) is 8.92. The lowest BCUT2D eigenvalue weighted by atomic mass is 10.1. The first kappa shape index (κ1) is 22.7. The van der Waals surface area contributed by atoms with E-state index in [-0.39, 0.29) is 24.0 Å². The zero-order valence-corrected chi connectivity index (χ0v) is 21.6. The summed E-state index contributed by atoms with van der Waals surface area (Å²) in [4.78, 5) is 3.62. The summed E-state index contributed by atoms with van der Waals surface area (Å²) in [6.45, 7) is 4.30. The van der Waals surface area contributed by atoms with E-state index in [9.17, 15) is 0 Å². The zero-order chi connectivity index (χ0) is 21.5. The summed E-state index contributed by atoms with van der Waals surface area (Å²) in [5, 5.41) is 3.81. The van der Waals surface area contributed by atoms with Crippen LogP contribution in [0.2, 0.25) is 0 Å². The van der Waals surface area contributed by atoms with Crippen LogP contribution in [0, 0.1) is 13.8 Å². The van der Waals surface area contributed by atoms with E-state index in [0.717, 1.165) is 11.4 Å². The first-order chi connectivity index (χ1) is 15.1. The van der Waals surface area contributed by atoms with Gasteiger partial charge >= 0.3 is 0 Å². The third-order valence-electron chi connectivity index (χ3n) is 5.82. The molecular weight excluding hydrogens is 527 g/mol. The molecule has 0 fully saturated rings. The molecule has 0 saturated carbocycles. The Morgan fingerprint density at radius 1 is 0.906 bits per heavy atom. The lowest BCUT2D eigenvalue weighted by molar-refractivity contribution is -0.610. The van der Waals surface area contributed by atoms with E-state index in [4.69, 9.17) is 4.74 Å². The first-order valence-corrected chi connectivity index (χ1v) is 11.2. The van der Waals surface area contributed by atoms with Crippen molar-refractivity contribution in [3.8, 4) is 11.4 Å². The Balaban J connectivity index is 0.00000245. The molecule has 0 saturated heterocycles. The van der Waals surface area contributed by atoms with Crippen molar-refractivity contribution in [3.63, 3.8) is 0 Å². The summed E-state index contributed by atoms with van der Waals surface area (Å²) in [6.07, 6.45) is 2.28. The van der Waals surface area contributed by atoms with E-state index in [2.05, 4.69) is 91.0 Å². The quantitative estimate of drug-likeness (QED) is 0.287. The smallest absolute Gasteiger partial charge is 0.253 e. The molecule has 0 unspecified atom stereocenters. The minimum Gasteiger partial charge on any atom is -1.00 e. The highest BCUT2D eigenvalue weighted by molar-refractivity contribution is 8.04. The number of hydrogen-bond acceptors (Lipinski definition) is 3. The van der Waals surface area contributed by atoms with Gasteiger partial charge in [0, 0.05) is 49.4 Å². The number of halogens is 1. The van der Waals surface area contributed by atoms with Crippen LogP contribution in [-0.2, 0) is 0 Å². The Kier molecular flexibility index (Phi) is 6.49. The highest BCUT2D eigenvalue weighted by Gasteiger charge is 2.25. The maximum Gasteiger partial charge on any atom is 0.253 e. The minimum absolute atomic E-state index is 0. The summed E-state index contributed by atoms with van der Waals surface area (Å²) in [5.41, 5.74) is 5.90. The molecule has 32 heavy (non-hydrogen) atoms. The Labute approximate surface area is 210 Å². The zero-order valence-electron chi connectivity index (χ0n) is 18.6. The standard InChI is InChI=1S/C27H25N2OS.HI/c1-18-15-20(16-19(2)29(18)23-11-7-8-12-24(23)30-4)17-26-28(3)27-22-10-6-5-9-21(22)13-14-25(27)31-26;/h5-17H,1-4H3;1H/q+1;/p-1. The number of ether oxygens (including phenoxy) is 1. The molecule has 0 radical (unpaired) electrons. The highest BCUT2D eigenvalue weighted by atomic mass is 127. The summed E-state index contributed by atoms with van der Waals surface area (Å²) in [7, 11) is 3.88. The van der Waals surface area contributed by atoms with Crippen molar-refractivity contribution in [2.45, 2.75) is 18.7 Å². The molecule has 1 aromatic heterocycles. The van der Waals surface area contributed by atoms with Crippen LogP contribution >= 0.6 is 11.8 Å². The van der Waals surface area contributed by atoms with Crippen molar-refractivity contribution in [1.29, 1.82) is 0 Å². The normalized spacial score (nSPS) is 13.9. The monoisotopic (exact) mass is 552 g/mol. The largest absolute Gasteiger partial charge is 1.00 e. The van der Waals surface area contributed by atoms with Crippen molar-refractivity contribution in [2.75, 3.05) is 19.1 Å². The molecular formula is C27H25IN2OS. The number of rotatable bonds is 3. The number of methoxy groups -OCH3 is 1. The topological polar surface area (TPSA) is 16.4 Å². The van der Waals surface area contributed by atoms with E-state index in [1.54, 1.807) is 7.11 Å². The summed E-state index contributed by atoms with van der Waals surface area (Å²) < 4.78 is 7.83. The summed E-state index contributed by atoms with van der Waals surface area (Å²) >= 11 is 1.83. The van der Waals surface area contributed by atoms with Gasteiger partial charge in [0.15, 0.2) is 17.1 Å². The second-order valence-electron chi connectivity index (χ2n) is 7.86. The SMILES string of the molecule is COc1ccccc1-[n+]1c(C)cc(C=C2Sc3ccc4ccccc4c3N2C)cc1C.[I-]. The van der Waals surface area contributed by atoms with Crippen LogP contribution in [0.25, 0.3) is 22.5 Å². The number of thioether (sulfide) groups is 1. The number of anilines is 1. The molecule has 0 atom stereocenters. The number of benzene rings is 3. The molecule has 1 aliphatic rings. The summed E-state index contributed by atoms with van der Waals surface area (Å²) in [5.74, 6) is 0.873. The molecule has 3 nitrogen and oxygen atoms in total. The number of aryl methyl sites for hydroxylation is 2. The van der Waals surface area contributed by atoms with Crippen molar-refractivity contribution in [1.82, 2.24) is 0 Å². The van der Waals surface area contributed by atoms with Crippen molar-refractivity contribution in [3.05, 3.63) is 94.8 Å². The highest BCUT2D eigenvalue weighted by Crippen LogP contribution is 2.49. The van der Waals surface area contributed by atoms with Crippen LogP contribution < -0.4 is 38.2 Å². The van der Waals surface area contributed by atoms with Crippen LogP contribution in [0.3, 0.4) is 0 Å². The Morgan fingerprint density at radius 3 is 2.34 bits per heavy atom. The molecule has 0 spiro atoms. The third-order valence-corrected chi connectivity index (χ3v) is 6.97. The average molecular weight is 552 g/mol. The maximum absolute atomic E-state index is 5.59. The maximum atomic E-state index is 5.59. The van der Waals surface area contributed by atoms with Crippen LogP contribution in [-0.4, -0.2) is 14.2 Å². The molecule has 0 aliphatic carbocycles. The van der Waals surface area contributed by atoms with Crippen molar-refractivity contribution >= 4 is 34.3 Å². The van der Waals surface area contributed by atoms with Crippen LogP contribution in [0.1, 0.15) is 17.0 Å². The van der Waals surface area contributed by atoms with Crippen LogP contribution in [0.5, 0.6) is 5.75 Å². The van der Waals surface area contributed by atoms with Crippen LogP contribution in [0.4, 0.5) is 5.69 Å². The molecule has 0 bridgehead atoms. The number of nitrogens with zero attached hydrogens (tertiary/aromatic N) is 2. The minimum atomic E-state index is 0. The first-order valence-electron chi connectivity index (χ1n) is 10.4. The molecule has 4 aromatic rings. The van der Waals surface area contributed by atoms with Gasteiger partial charge in [0.05, 0.1) is 17.8 Å². The van der Waals surface area contributed by atoms with Gasteiger partial charge in [-0.15, -0.1) is 0 Å². The van der Waals surface area contributed by atoms with Gasteiger partial charge in [0.25, 0.3) is 5.69 Å². The second kappa shape index (κ2) is 9.16. The Hall–Kier alpha value is -2.51. The molecule has 0 N–H and O–H groups in total. The fraction of sp³-hybridized carbons (Fsp3) is 0.148. The lowest BCUT2D eigenvalue weighted by Crippen LogP contribution is -3.00. The number of hydrogen-bond donors (Lipinski definition) is 0. The lowest BCUT2D eigenvalue weighted by Gasteiger charge is -2.16. The molecule has 5 heteroatoms. The molecule has 1 aliphatic heterocycles. The van der Waals surface area contributed by atoms with Crippen LogP contribution in [0.15, 0.2) is 82.7 Å². The number of aromatic nitrogens is 1. The Morgan fingerprint density at radius 2 is 1.59 bits per heavy atom. The summed E-state index contributed by atoms with van der Waals surface area (Å²) in [6, 6.07) is 25.7. The van der Waals surface area contributed by atoms with Crippen molar-refractivity contribution < 1.29 is 33.3 Å². The third kappa shape index (κ3) is 3.88. The van der Waals surface area contributed by atoms with Crippen molar-refractivity contribution in [2.24, 2.45) is 0 Å². The van der Waals surface area contributed by atoms with E-state index in [1.807, 2.05) is 30.0 Å². The van der Waals surface area contributed by atoms with Gasteiger partial charge in [-0.25, -0.2) is 0 Å². The predicted octanol–water partition coefficient (Wildman–Crippen LogP) is 3.29. The molecule has 2 heterocycles. The molecule has 162 valence electrons. The van der Waals surface area contributed by atoms with Gasteiger partial charge in [-0.2, -0.15) is 4.57 Å². The fourth-order valence-electron chi connectivity index (χ4n) is 4.43. The molecule has 5 rings (SSSR count). The van der Waals surface area contributed by atoms with Gasteiger partial charge in [0.2, 0.25) is 0 Å². The average Bonchev–Trinajstić information content (AvgIpc) is 3.09. The van der Waals surface area contributed by atoms with E-state index >= 15 is 0 Å².